The fourth-order valence-corrected chi connectivity index (χ4v) is 4.11. The molecule has 0 amide bonds. The van der Waals surface area contributed by atoms with Crippen molar-refractivity contribution in [2.24, 2.45) is 5.92 Å². The number of aryl methyl sites for hydroxylation is 2. The van der Waals surface area contributed by atoms with Crippen molar-refractivity contribution in [3.63, 3.8) is 0 Å². The molecule has 23 heavy (non-hydrogen) atoms. The first-order chi connectivity index (χ1) is 10.9. The van der Waals surface area contributed by atoms with E-state index in [1.54, 1.807) is 19.9 Å². The van der Waals surface area contributed by atoms with Crippen molar-refractivity contribution in [2.45, 2.75) is 63.7 Å². The van der Waals surface area contributed by atoms with Crippen LogP contribution >= 0.6 is 0 Å². The molecule has 0 bridgehead atoms. The fourth-order valence-electron chi connectivity index (χ4n) is 3.06. The van der Waals surface area contributed by atoms with Crippen LogP contribution in [0.15, 0.2) is 17.0 Å². The molecule has 1 fully saturated rings. The second-order valence-electron chi connectivity index (χ2n) is 6.33. The Morgan fingerprint density at radius 3 is 2.57 bits per heavy atom. The minimum absolute atomic E-state index is 0.0307. The topological polar surface area (TPSA) is 73.3 Å². The lowest BCUT2D eigenvalue weighted by atomic mass is 9.86. The summed E-state index contributed by atoms with van der Waals surface area (Å²) in [5.74, 6) is 0.449. The van der Waals surface area contributed by atoms with E-state index in [0.29, 0.717) is 18.0 Å². The van der Waals surface area contributed by atoms with E-state index < -0.39 is 10.1 Å². The van der Waals surface area contributed by atoms with Crippen molar-refractivity contribution >= 4 is 15.9 Å². The normalized spacial score (nSPS) is 16.4. The van der Waals surface area contributed by atoms with Gasteiger partial charge in [-0.05, 0) is 38.3 Å². The summed E-state index contributed by atoms with van der Waals surface area (Å²) in [6.45, 7) is 3.02. The predicted molar refractivity (Wildman–Crippen MR) is 87.7 cm³/mol. The summed E-state index contributed by atoms with van der Waals surface area (Å²) in [5.41, 5.74) is 1.13. The third-order valence-corrected chi connectivity index (χ3v) is 5.78. The highest BCUT2D eigenvalue weighted by Crippen LogP contribution is 2.27. The number of rotatable bonds is 7. The van der Waals surface area contributed by atoms with Gasteiger partial charge in [0, 0.05) is 12.1 Å². The molecule has 0 spiro atoms. The Bertz CT molecular complexity index is 649. The van der Waals surface area contributed by atoms with Gasteiger partial charge in [-0.15, -0.1) is 0 Å². The van der Waals surface area contributed by atoms with Crippen LogP contribution in [0.1, 0.15) is 56.3 Å². The van der Waals surface area contributed by atoms with Crippen LogP contribution in [0.2, 0.25) is 0 Å². The third kappa shape index (κ3) is 5.39. The molecular weight excluding hydrogens is 314 g/mol. The summed E-state index contributed by atoms with van der Waals surface area (Å²) in [5, 5.41) is 0. The van der Waals surface area contributed by atoms with E-state index in [1.807, 2.05) is 0 Å². The van der Waals surface area contributed by atoms with E-state index in [9.17, 15) is 13.2 Å². The number of aromatic nitrogens is 1. The van der Waals surface area contributed by atoms with Gasteiger partial charge in [0.15, 0.2) is 5.78 Å². The smallest absolute Gasteiger partial charge is 0.297 e. The molecule has 0 unspecified atom stereocenters. The second kappa shape index (κ2) is 8.02. The summed E-state index contributed by atoms with van der Waals surface area (Å²) in [6, 6.07) is 3.09. The number of pyridine rings is 1. The molecular formula is C17H25NO4S. The van der Waals surface area contributed by atoms with Crippen LogP contribution in [-0.4, -0.2) is 25.8 Å². The van der Waals surface area contributed by atoms with Gasteiger partial charge in [-0.2, -0.15) is 8.42 Å². The maximum atomic E-state index is 12.2. The molecule has 1 aromatic rings. The zero-order valence-electron chi connectivity index (χ0n) is 13.9. The first kappa shape index (κ1) is 18.1. The zero-order valence-corrected chi connectivity index (χ0v) is 14.7. The first-order valence-electron chi connectivity index (χ1n) is 8.24. The molecule has 1 aromatic heterocycles. The summed E-state index contributed by atoms with van der Waals surface area (Å²) in [4.78, 5) is 16.0. The Labute approximate surface area is 138 Å². The molecule has 0 radical (unpaired) electrons. The third-order valence-electron chi connectivity index (χ3n) is 4.38. The van der Waals surface area contributed by atoms with Crippen molar-refractivity contribution in [1.29, 1.82) is 0 Å². The van der Waals surface area contributed by atoms with Crippen molar-refractivity contribution in [3.05, 3.63) is 23.5 Å². The molecule has 1 saturated carbocycles. The number of nitrogens with zero attached hydrogens (tertiary/aromatic N) is 1. The molecule has 1 heterocycles. The highest BCUT2D eigenvalue weighted by Gasteiger charge is 2.21. The van der Waals surface area contributed by atoms with E-state index in [4.69, 9.17) is 4.18 Å². The Morgan fingerprint density at radius 1 is 1.22 bits per heavy atom. The summed E-state index contributed by atoms with van der Waals surface area (Å²) < 4.78 is 29.2. The molecule has 6 heteroatoms. The number of carbonyl (C=O) groups excluding carboxylic acids is 1. The minimum atomic E-state index is -3.93. The van der Waals surface area contributed by atoms with Gasteiger partial charge in [0.2, 0.25) is 0 Å². The van der Waals surface area contributed by atoms with E-state index in [2.05, 4.69) is 4.98 Å². The Morgan fingerprint density at radius 2 is 1.91 bits per heavy atom. The zero-order chi connectivity index (χ0) is 16.9. The van der Waals surface area contributed by atoms with Crippen LogP contribution in [0.25, 0.3) is 0 Å². The van der Waals surface area contributed by atoms with Gasteiger partial charge in [0.25, 0.3) is 10.1 Å². The molecule has 0 aliphatic heterocycles. The number of hydrogen-bond acceptors (Lipinski definition) is 5. The number of ketones is 1. The van der Waals surface area contributed by atoms with Crippen LogP contribution in [0.3, 0.4) is 0 Å². The molecule has 1 aliphatic carbocycles. The average Bonchev–Trinajstić information content (AvgIpc) is 2.51. The molecule has 0 aromatic carbocycles. The number of hydrogen-bond donors (Lipinski definition) is 0. The maximum absolute atomic E-state index is 12.2. The molecule has 128 valence electrons. The molecule has 0 saturated heterocycles. The molecule has 0 N–H and O–H groups in total. The average molecular weight is 339 g/mol. The van der Waals surface area contributed by atoms with Crippen LogP contribution in [0.5, 0.6) is 0 Å². The lowest BCUT2D eigenvalue weighted by Crippen LogP contribution is -2.17. The second-order valence-corrected chi connectivity index (χ2v) is 7.92. The first-order valence-corrected chi connectivity index (χ1v) is 9.64. The predicted octanol–water partition coefficient (Wildman–Crippen LogP) is 3.33. The standard InChI is InChI=1S/C17H25NO4S/c1-13-8-11-17(14(2)18-13)23(20,21)22-12-16(19)10-9-15-6-4-3-5-7-15/h8,11,15H,3-7,9-10,12H2,1-2H3. The van der Waals surface area contributed by atoms with E-state index in [-0.39, 0.29) is 17.3 Å². The Kier molecular flexibility index (Phi) is 6.30. The Hall–Kier alpha value is -1.27. The van der Waals surface area contributed by atoms with Crippen molar-refractivity contribution in [3.8, 4) is 0 Å². The lowest BCUT2D eigenvalue weighted by molar-refractivity contribution is -0.121. The highest BCUT2D eigenvalue weighted by molar-refractivity contribution is 7.86. The van der Waals surface area contributed by atoms with Crippen molar-refractivity contribution in [2.75, 3.05) is 6.61 Å². The highest BCUT2D eigenvalue weighted by atomic mass is 32.2. The van der Waals surface area contributed by atoms with E-state index in [1.165, 1.54) is 38.2 Å². The van der Waals surface area contributed by atoms with Crippen LogP contribution < -0.4 is 0 Å². The summed E-state index contributed by atoms with van der Waals surface area (Å²) in [7, 11) is -3.93. The number of carbonyl (C=O) groups is 1. The van der Waals surface area contributed by atoms with Crippen molar-refractivity contribution < 1.29 is 17.4 Å². The monoisotopic (exact) mass is 339 g/mol. The minimum Gasteiger partial charge on any atom is -0.297 e. The van der Waals surface area contributed by atoms with Gasteiger partial charge in [0.1, 0.15) is 11.5 Å². The van der Waals surface area contributed by atoms with E-state index in [0.717, 1.165) is 12.1 Å². The van der Waals surface area contributed by atoms with Gasteiger partial charge in [-0.25, -0.2) is 0 Å². The van der Waals surface area contributed by atoms with Crippen LogP contribution in [-0.2, 0) is 19.1 Å². The largest absolute Gasteiger partial charge is 0.299 e. The van der Waals surface area contributed by atoms with Crippen LogP contribution in [0.4, 0.5) is 0 Å². The summed E-state index contributed by atoms with van der Waals surface area (Å²) in [6.07, 6.45) is 7.36. The van der Waals surface area contributed by atoms with Crippen molar-refractivity contribution in [1.82, 2.24) is 4.98 Å². The fraction of sp³-hybridized carbons (Fsp3) is 0.647. The van der Waals surface area contributed by atoms with Gasteiger partial charge < -0.3 is 0 Å². The number of Topliss-reactive ketones (excluding diaryl/α,β-unsaturated/α-hetero) is 1. The van der Waals surface area contributed by atoms with Gasteiger partial charge >= 0.3 is 0 Å². The van der Waals surface area contributed by atoms with Gasteiger partial charge in [0.05, 0.1) is 5.69 Å². The van der Waals surface area contributed by atoms with Gasteiger partial charge in [-0.3, -0.25) is 14.0 Å². The Balaban J connectivity index is 1.84. The molecule has 0 atom stereocenters. The summed E-state index contributed by atoms with van der Waals surface area (Å²) >= 11 is 0. The lowest BCUT2D eigenvalue weighted by Gasteiger charge is -2.20. The van der Waals surface area contributed by atoms with Gasteiger partial charge in [-0.1, -0.05) is 32.1 Å². The quantitative estimate of drug-likeness (QED) is 0.712. The molecule has 5 nitrogen and oxygen atoms in total. The maximum Gasteiger partial charge on any atom is 0.299 e. The molecule has 2 rings (SSSR count). The molecule has 1 aliphatic rings. The SMILES string of the molecule is Cc1ccc(S(=O)(=O)OCC(=O)CCC2CCCCC2)c(C)n1. The van der Waals surface area contributed by atoms with E-state index >= 15 is 0 Å². The van der Waals surface area contributed by atoms with Crippen LogP contribution in [0, 0.1) is 19.8 Å².